The van der Waals surface area contributed by atoms with Gasteiger partial charge >= 0.3 is 29.8 Å². The summed E-state index contributed by atoms with van der Waals surface area (Å²) in [5.74, 6) is -5.91. The van der Waals surface area contributed by atoms with Crippen LogP contribution >= 0.6 is 0 Å². The topological polar surface area (TPSA) is 254 Å². The van der Waals surface area contributed by atoms with E-state index in [0.29, 0.717) is 0 Å². The SMILES string of the molecule is O=C(O)CN(CCN(CC(=O)O)CC(=O)O)CC(=O)O.O=C(O)C[N+](CCO)(CCO)CCO. The second-order valence-electron chi connectivity index (χ2n) is 7.23. The van der Waals surface area contributed by atoms with E-state index in [1.54, 1.807) is 0 Å². The fourth-order valence-corrected chi connectivity index (χ4v) is 2.97. The number of hydrogen-bond donors (Lipinski definition) is 8. The van der Waals surface area contributed by atoms with Crippen molar-refractivity contribution in [3.05, 3.63) is 0 Å². The Morgan fingerprint density at radius 3 is 0.941 bits per heavy atom. The number of aliphatic hydroxyl groups is 3. The molecule has 0 rings (SSSR count). The van der Waals surface area contributed by atoms with E-state index in [0.717, 1.165) is 9.80 Å². The normalized spacial score (nSPS) is 11.1. The van der Waals surface area contributed by atoms with Crippen LogP contribution in [0.5, 0.6) is 0 Å². The molecule has 0 unspecified atom stereocenters. The van der Waals surface area contributed by atoms with Gasteiger partial charge in [-0.15, -0.1) is 0 Å². The van der Waals surface area contributed by atoms with Crippen molar-refractivity contribution in [1.29, 1.82) is 0 Å². The average Bonchev–Trinajstić information content (AvgIpc) is 2.64. The fraction of sp³-hybridized carbons (Fsp3) is 0.722. The lowest BCUT2D eigenvalue weighted by Gasteiger charge is -2.35. The molecule has 0 aromatic rings. The molecule has 0 radical (unpaired) electrons. The van der Waals surface area contributed by atoms with E-state index in [1.165, 1.54) is 0 Å². The second kappa shape index (κ2) is 18.5. The van der Waals surface area contributed by atoms with Crippen molar-refractivity contribution in [2.24, 2.45) is 0 Å². The van der Waals surface area contributed by atoms with Crippen molar-refractivity contribution in [3.63, 3.8) is 0 Å². The van der Waals surface area contributed by atoms with Gasteiger partial charge in [-0.05, 0) is 0 Å². The van der Waals surface area contributed by atoms with Crippen LogP contribution in [0.4, 0.5) is 0 Å². The van der Waals surface area contributed by atoms with Gasteiger partial charge in [-0.1, -0.05) is 0 Å². The first-order chi connectivity index (χ1) is 15.8. The first-order valence-electron chi connectivity index (χ1n) is 10.0. The number of nitrogens with zero attached hydrogens (tertiary/aromatic N) is 3. The van der Waals surface area contributed by atoms with Gasteiger partial charge in [-0.3, -0.25) is 29.0 Å². The van der Waals surface area contributed by atoms with Crippen molar-refractivity contribution in [1.82, 2.24) is 9.80 Å². The summed E-state index contributed by atoms with van der Waals surface area (Å²) in [4.78, 5) is 54.9. The van der Waals surface area contributed by atoms with Crippen LogP contribution in [0.2, 0.25) is 0 Å². The summed E-state index contributed by atoms with van der Waals surface area (Å²) in [6, 6.07) is 0. The van der Waals surface area contributed by atoms with Gasteiger partial charge in [0, 0.05) is 13.1 Å². The molecule has 34 heavy (non-hydrogen) atoms. The van der Waals surface area contributed by atoms with E-state index < -0.39 is 56.0 Å². The molecule has 0 fully saturated rings. The Hall–Kier alpha value is -2.89. The predicted octanol–water partition coefficient (Wildman–Crippen LogP) is -4.21. The summed E-state index contributed by atoms with van der Waals surface area (Å²) in [7, 11) is 0. The third-order valence-electron chi connectivity index (χ3n) is 4.36. The maximum absolute atomic E-state index is 10.6. The molecule has 0 saturated carbocycles. The molecule has 0 aliphatic rings. The summed E-state index contributed by atoms with van der Waals surface area (Å²) >= 11 is 0. The highest BCUT2D eigenvalue weighted by molar-refractivity contribution is 5.73. The molecule has 0 aliphatic carbocycles. The number of carboxylic acids is 5. The van der Waals surface area contributed by atoms with Gasteiger partial charge < -0.3 is 45.3 Å². The number of aliphatic hydroxyl groups excluding tert-OH is 3. The van der Waals surface area contributed by atoms with E-state index in [4.69, 9.17) is 40.9 Å². The largest absolute Gasteiger partial charge is 0.480 e. The lowest BCUT2D eigenvalue weighted by molar-refractivity contribution is -0.922. The Balaban J connectivity index is 0. The quantitative estimate of drug-likeness (QED) is 0.0782. The molecule has 0 atom stereocenters. The highest BCUT2D eigenvalue weighted by Crippen LogP contribution is 2.05. The summed E-state index contributed by atoms with van der Waals surface area (Å²) in [6.45, 7) is -2.23. The predicted molar refractivity (Wildman–Crippen MR) is 112 cm³/mol. The molecule has 8 N–H and O–H groups in total. The van der Waals surface area contributed by atoms with Gasteiger partial charge in [0.25, 0.3) is 0 Å². The van der Waals surface area contributed by atoms with E-state index >= 15 is 0 Å². The Morgan fingerprint density at radius 2 is 0.765 bits per heavy atom. The minimum absolute atomic E-state index is 0.0127. The Bertz CT molecular complexity index is 574. The monoisotopic (exact) mass is 500 g/mol. The van der Waals surface area contributed by atoms with E-state index in [1.807, 2.05) is 0 Å². The van der Waals surface area contributed by atoms with Gasteiger partial charge in [-0.2, -0.15) is 0 Å². The van der Waals surface area contributed by atoms with Crippen LogP contribution < -0.4 is 0 Å². The Labute approximate surface area is 195 Å². The van der Waals surface area contributed by atoms with Crippen LogP contribution in [0.3, 0.4) is 0 Å². The van der Waals surface area contributed by atoms with Crippen molar-refractivity contribution in [2.75, 3.05) is 85.3 Å². The molecular weight excluding hydrogens is 466 g/mol. The second-order valence-corrected chi connectivity index (χ2v) is 7.23. The molecule has 0 saturated heterocycles. The zero-order valence-corrected chi connectivity index (χ0v) is 18.7. The van der Waals surface area contributed by atoms with E-state index in [2.05, 4.69) is 0 Å². The maximum atomic E-state index is 10.6. The van der Waals surface area contributed by atoms with Gasteiger partial charge in [0.05, 0.1) is 46.0 Å². The van der Waals surface area contributed by atoms with Crippen molar-refractivity contribution in [2.45, 2.75) is 0 Å². The van der Waals surface area contributed by atoms with Crippen LogP contribution in [0.1, 0.15) is 0 Å². The number of rotatable bonds is 19. The van der Waals surface area contributed by atoms with Crippen LogP contribution in [0, 0.1) is 0 Å². The van der Waals surface area contributed by atoms with Crippen molar-refractivity contribution >= 4 is 29.8 Å². The zero-order chi connectivity index (χ0) is 26.7. The number of carbonyl (C=O) groups is 5. The van der Waals surface area contributed by atoms with Gasteiger partial charge in [0.15, 0.2) is 6.54 Å². The third-order valence-corrected chi connectivity index (χ3v) is 4.36. The van der Waals surface area contributed by atoms with E-state index in [9.17, 15) is 24.0 Å². The number of hydrogen-bond acceptors (Lipinski definition) is 10. The molecule has 0 aromatic heterocycles. The minimum Gasteiger partial charge on any atom is -0.480 e. The lowest BCUT2D eigenvalue weighted by atomic mass is 10.3. The zero-order valence-electron chi connectivity index (χ0n) is 18.7. The maximum Gasteiger partial charge on any atom is 0.359 e. The molecule has 0 bridgehead atoms. The van der Waals surface area contributed by atoms with Gasteiger partial charge in [0.1, 0.15) is 19.6 Å². The van der Waals surface area contributed by atoms with Gasteiger partial charge in [-0.25, -0.2) is 4.79 Å². The highest BCUT2D eigenvalue weighted by atomic mass is 16.4. The molecule has 16 heteroatoms. The lowest BCUT2D eigenvalue weighted by Crippen LogP contribution is -2.55. The molecule has 16 nitrogen and oxygen atoms in total. The average molecular weight is 500 g/mol. The smallest absolute Gasteiger partial charge is 0.359 e. The van der Waals surface area contributed by atoms with Crippen molar-refractivity contribution in [3.8, 4) is 0 Å². The number of quaternary nitrogens is 1. The highest BCUT2D eigenvalue weighted by Gasteiger charge is 2.28. The molecule has 0 aromatic carbocycles. The van der Waals surface area contributed by atoms with Crippen LogP contribution in [0.25, 0.3) is 0 Å². The van der Waals surface area contributed by atoms with Gasteiger partial charge in [0.2, 0.25) is 0 Å². The molecular formula is C18H34N3O13+. The summed E-state index contributed by atoms with van der Waals surface area (Å²) in [5, 5.41) is 69.5. The molecule has 0 aliphatic heterocycles. The first kappa shape index (κ1) is 33.3. The molecule has 0 heterocycles. The summed E-state index contributed by atoms with van der Waals surface area (Å²) in [6.07, 6.45) is 0. The standard InChI is InChI=1S/C10H16N2O8.C8H17NO5/c13-7(14)3-11(4-8(15)16)1-2-12(5-9(17)18)6-10(19)20;10-4-1-9(2-5-11,3-6-12)7-8(13)14/h1-6H2,(H,13,14)(H,15,16)(H,17,18)(H,19,20);10-12H,1-7H2/p+1. The molecule has 198 valence electrons. The fourth-order valence-electron chi connectivity index (χ4n) is 2.97. The summed E-state index contributed by atoms with van der Waals surface area (Å²) < 4.78 is 0.0127. The minimum atomic E-state index is -1.23. The van der Waals surface area contributed by atoms with Crippen molar-refractivity contribution < 1.29 is 69.3 Å². The Morgan fingerprint density at radius 1 is 0.500 bits per heavy atom. The molecule has 0 amide bonds. The molecule has 0 spiro atoms. The van der Waals surface area contributed by atoms with Crippen LogP contribution in [-0.4, -0.2) is 170 Å². The van der Waals surface area contributed by atoms with E-state index in [-0.39, 0.29) is 63.6 Å². The Kier molecular flexibility index (Phi) is 18.1. The number of aliphatic carboxylic acids is 5. The third kappa shape index (κ3) is 18.7. The number of carboxylic acid groups (broad SMARTS) is 5. The van der Waals surface area contributed by atoms with Crippen LogP contribution in [0.15, 0.2) is 0 Å². The first-order valence-corrected chi connectivity index (χ1v) is 10.0. The summed E-state index contributed by atoms with van der Waals surface area (Å²) in [5.41, 5.74) is 0. The van der Waals surface area contributed by atoms with Crippen LogP contribution in [-0.2, 0) is 24.0 Å².